The lowest BCUT2D eigenvalue weighted by Gasteiger charge is -2.36. The highest BCUT2D eigenvalue weighted by Gasteiger charge is 2.29. The second kappa shape index (κ2) is 5.99. The van der Waals surface area contributed by atoms with E-state index in [1.54, 1.807) is 0 Å². The maximum absolute atomic E-state index is 12.0. The number of nitrogens with zero attached hydrogens (tertiary/aromatic N) is 3. The Bertz CT molecular complexity index is 461. The van der Waals surface area contributed by atoms with Crippen molar-refractivity contribution in [3.63, 3.8) is 0 Å². The molecular weight excluding hydrogens is 240 g/mol. The second-order valence-corrected chi connectivity index (χ2v) is 4.93. The molecule has 1 atom stereocenters. The van der Waals surface area contributed by atoms with Crippen LogP contribution in [0, 0.1) is 6.92 Å². The van der Waals surface area contributed by atoms with Crippen LogP contribution in [0.2, 0.25) is 0 Å². The molecule has 1 aliphatic rings. The predicted molar refractivity (Wildman–Crippen MR) is 75.2 cm³/mol. The minimum Gasteiger partial charge on any atom is -0.353 e. The summed E-state index contributed by atoms with van der Waals surface area (Å²) in [5.74, 6) is 1.84. The molecule has 2 rings (SSSR count). The summed E-state index contributed by atoms with van der Waals surface area (Å²) in [5, 5.41) is 2.94. The van der Waals surface area contributed by atoms with Crippen LogP contribution in [0.1, 0.15) is 38.2 Å². The van der Waals surface area contributed by atoms with Gasteiger partial charge in [-0.15, -0.1) is 0 Å². The summed E-state index contributed by atoms with van der Waals surface area (Å²) < 4.78 is 0. The van der Waals surface area contributed by atoms with Crippen molar-refractivity contribution in [2.75, 3.05) is 18.0 Å². The van der Waals surface area contributed by atoms with Gasteiger partial charge in [-0.05, 0) is 13.3 Å². The van der Waals surface area contributed by atoms with Gasteiger partial charge in [-0.3, -0.25) is 4.79 Å². The van der Waals surface area contributed by atoms with Crippen molar-refractivity contribution in [1.29, 1.82) is 0 Å². The minimum absolute atomic E-state index is 0.0993. The number of rotatable bonds is 4. The Morgan fingerprint density at radius 2 is 2.21 bits per heavy atom. The lowest BCUT2D eigenvalue weighted by atomic mass is 10.1. The maximum atomic E-state index is 12.0. The number of anilines is 1. The van der Waals surface area contributed by atoms with Crippen molar-refractivity contribution in [3.05, 3.63) is 17.6 Å². The molecule has 0 spiro atoms. The first kappa shape index (κ1) is 13.8. The van der Waals surface area contributed by atoms with E-state index in [9.17, 15) is 4.79 Å². The Kier molecular flexibility index (Phi) is 4.35. The average molecular weight is 262 g/mol. The summed E-state index contributed by atoms with van der Waals surface area (Å²) in [5.41, 5.74) is 0.961. The molecule has 1 fully saturated rings. The molecule has 1 unspecified atom stereocenters. The van der Waals surface area contributed by atoms with Gasteiger partial charge in [0.15, 0.2) is 0 Å². The van der Waals surface area contributed by atoms with Gasteiger partial charge >= 0.3 is 0 Å². The lowest BCUT2D eigenvalue weighted by molar-refractivity contribution is -0.123. The van der Waals surface area contributed by atoms with E-state index in [0.717, 1.165) is 43.1 Å². The van der Waals surface area contributed by atoms with Crippen LogP contribution in [0.4, 0.5) is 5.82 Å². The smallest absolute Gasteiger partial charge is 0.242 e. The topological polar surface area (TPSA) is 58.1 Å². The average Bonchev–Trinajstić information content (AvgIpc) is 2.40. The summed E-state index contributed by atoms with van der Waals surface area (Å²) in [7, 11) is 0. The van der Waals surface area contributed by atoms with Gasteiger partial charge in [-0.1, -0.05) is 20.3 Å². The highest BCUT2D eigenvalue weighted by atomic mass is 16.2. The molecule has 5 nitrogen and oxygen atoms in total. The van der Waals surface area contributed by atoms with Gasteiger partial charge in [0, 0.05) is 31.3 Å². The van der Waals surface area contributed by atoms with Crippen molar-refractivity contribution in [2.24, 2.45) is 0 Å². The molecule has 0 saturated carbocycles. The first-order valence-electron chi connectivity index (χ1n) is 7.04. The van der Waals surface area contributed by atoms with E-state index in [2.05, 4.69) is 27.1 Å². The van der Waals surface area contributed by atoms with Gasteiger partial charge in [0.25, 0.3) is 0 Å². The van der Waals surface area contributed by atoms with Crippen molar-refractivity contribution in [1.82, 2.24) is 15.3 Å². The van der Waals surface area contributed by atoms with Gasteiger partial charge in [0.05, 0.1) is 0 Å². The first-order chi connectivity index (χ1) is 9.15. The van der Waals surface area contributed by atoms with Crippen LogP contribution in [-0.2, 0) is 11.2 Å². The molecule has 0 bridgehead atoms. The quantitative estimate of drug-likeness (QED) is 0.892. The van der Waals surface area contributed by atoms with Crippen molar-refractivity contribution in [2.45, 2.75) is 46.1 Å². The van der Waals surface area contributed by atoms with E-state index in [1.165, 1.54) is 0 Å². The fourth-order valence-corrected chi connectivity index (χ4v) is 2.47. The normalized spacial score (nSPS) is 19.4. The highest BCUT2D eigenvalue weighted by Crippen LogP contribution is 2.20. The van der Waals surface area contributed by atoms with Crippen LogP contribution in [0.3, 0.4) is 0 Å². The molecule has 5 heteroatoms. The van der Waals surface area contributed by atoms with E-state index >= 15 is 0 Å². The number of amides is 1. The monoisotopic (exact) mass is 262 g/mol. The van der Waals surface area contributed by atoms with Crippen molar-refractivity contribution < 1.29 is 4.79 Å². The van der Waals surface area contributed by atoms with Gasteiger partial charge in [0.2, 0.25) is 5.91 Å². The Morgan fingerprint density at radius 1 is 1.42 bits per heavy atom. The number of nitrogens with one attached hydrogen (secondary N) is 1. The number of hydrogen-bond acceptors (Lipinski definition) is 4. The third-order valence-corrected chi connectivity index (χ3v) is 3.39. The lowest BCUT2D eigenvalue weighted by Crippen LogP contribution is -2.55. The van der Waals surface area contributed by atoms with Crippen LogP contribution >= 0.6 is 0 Å². The molecule has 1 aromatic heterocycles. The van der Waals surface area contributed by atoms with Crippen LogP contribution < -0.4 is 10.2 Å². The summed E-state index contributed by atoms with van der Waals surface area (Å²) >= 11 is 0. The SMILES string of the molecule is CCCC1C(=O)NCCN1c1cc(C)nc(CC)n1. The summed E-state index contributed by atoms with van der Waals surface area (Å²) in [6, 6.07) is 1.87. The predicted octanol–water partition coefficient (Wildman–Crippen LogP) is 1.45. The van der Waals surface area contributed by atoms with Crippen LogP contribution in [0.5, 0.6) is 0 Å². The van der Waals surface area contributed by atoms with Gasteiger partial charge in [0.1, 0.15) is 17.7 Å². The molecular formula is C14H22N4O. The van der Waals surface area contributed by atoms with E-state index in [-0.39, 0.29) is 11.9 Å². The maximum Gasteiger partial charge on any atom is 0.242 e. The van der Waals surface area contributed by atoms with E-state index < -0.39 is 0 Å². The number of aromatic nitrogens is 2. The van der Waals surface area contributed by atoms with Crippen LogP contribution in [0.15, 0.2) is 6.07 Å². The van der Waals surface area contributed by atoms with Crippen molar-refractivity contribution >= 4 is 11.7 Å². The van der Waals surface area contributed by atoms with Gasteiger partial charge in [-0.2, -0.15) is 0 Å². The molecule has 0 radical (unpaired) electrons. The van der Waals surface area contributed by atoms with Crippen molar-refractivity contribution in [3.8, 4) is 0 Å². The summed E-state index contributed by atoms with van der Waals surface area (Å²) in [6.07, 6.45) is 2.66. The number of piperazine rings is 1. The van der Waals surface area contributed by atoms with Crippen LogP contribution in [0.25, 0.3) is 0 Å². The third kappa shape index (κ3) is 3.03. The molecule has 19 heavy (non-hydrogen) atoms. The molecule has 1 aliphatic heterocycles. The van der Waals surface area contributed by atoms with Gasteiger partial charge in [-0.25, -0.2) is 9.97 Å². The molecule has 0 aliphatic carbocycles. The number of carbonyl (C=O) groups is 1. The third-order valence-electron chi connectivity index (χ3n) is 3.39. The zero-order valence-electron chi connectivity index (χ0n) is 11.9. The fourth-order valence-electron chi connectivity index (χ4n) is 2.47. The number of hydrogen-bond donors (Lipinski definition) is 1. The standard InChI is InChI=1S/C14H22N4O/c1-4-6-11-14(19)15-7-8-18(11)13-9-10(3)16-12(5-2)17-13/h9,11H,4-8H2,1-3H3,(H,15,19). The molecule has 1 N–H and O–H groups in total. The number of aryl methyl sites for hydroxylation is 2. The zero-order valence-corrected chi connectivity index (χ0v) is 11.9. The zero-order chi connectivity index (χ0) is 13.8. The second-order valence-electron chi connectivity index (χ2n) is 4.93. The number of carbonyl (C=O) groups excluding carboxylic acids is 1. The molecule has 1 aromatic rings. The molecule has 2 heterocycles. The minimum atomic E-state index is -0.0993. The Hall–Kier alpha value is -1.65. The van der Waals surface area contributed by atoms with Crippen LogP contribution in [-0.4, -0.2) is 35.0 Å². The molecule has 1 saturated heterocycles. The summed E-state index contributed by atoms with van der Waals surface area (Å²) in [6.45, 7) is 7.62. The van der Waals surface area contributed by atoms with E-state index in [0.29, 0.717) is 6.54 Å². The van der Waals surface area contributed by atoms with Gasteiger partial charge < -0.3 is 10.2 Å². The first-order valence-corrected chi connectivity index (χ1v) is 7.04. The Labute approximate surface area is 114 Å². The van der Waals surface area contributed by atoms with E-state index in [1.807, 2.05) is 19.9 Å². The Morgan fingerprint density at radius 3 is 2.89 bits per heavy atom. The molecule has 0 aromatic carbocycles. The molecule has 104 valence electrons. The fraction of sp³-hybridized carbons (Fsp3) is 0.643. The molecule has 1 amide bonds. The highest BCUT2D eigenvalue weighted by molar-refractivity contribution is 5.86. The summed E-state index contributed by atoms with van der Waals surface area (Å²) in [4.78, 5) is 23.1. The Balaban J connectivity index is 2.31. The van der Waals surface area contributed by atoms with E-state index in [4.69, 9.17) is 0 Å². The largest absolute Gasteiger partial charge is 0.353 e.